The van der Waals surface area contributed by atoms with Gasteiger partial charge in [-0.2, -0.15) is 0 Å². The summed E-state index contributed by atoms with van der Waals surface area (Å²) in [5.74, 6) is -0.987. The first kappa shape index (κ1) is 27.9. The minimum Gasteiger partial charge on any atom is -0.326 e. The van der Waals surface area contributed by atoms with E-state index in [2.05, 4.69) is 55.3 Å². The van der Waals surface area contributed by atoms with Crippen LogP contribution in [0.25, 0.3) is 0 Å². The number of hydrogen-bond acceptors (Lipinski definition) is 6. The highest BCUT2D eigenvalue weighted by atomic mass is 35.5. The Morgan fingerprint density at radius 1 is 1.00 bits per heavy atom. The molecule has 7 nitrogen and oxygen atoms in total. The van der Waals surface area contributed by atoms with Crippen LogP contribution in [0.5, 0.6) is 0 Å². The molecule has 42 heavy (non-hydrogen) atoms. The molecule has 3 fully saturated rings. The van der Waals surface area contributed by atoms with Gasteiger partial charge in [0.15, 0.2) is 0 Å². The third-order valence-corrected chi connectivity index (χ3v) is 12.5. The van der Waals surface area contributed by atoms with Gasteiger partial charge in [-0.1, -0.05) is 68.0 Å². The number of nitrogens with one attached hydrogen (secondary N) is 2. The van der Waals surface area contributed by atoms with Crippen molar-refractivity contribution in [3.8, 4) is 0 Å². The summed E-state index contributed by atoms with van der Waals surface area (Å²) in [6.45, 7) is 6.65. The second-order valence-corrected chi connectivity index (χ2v) is 15.6. The zero-order chi connectivity index (χ0) is 29.5. The lowest BCUT2D eigenvalue weighted by Gasteiger charge is -2.43. The zero-order valence-electron chi connectivity index (χ0n) is 23.6. The molecule has 10 heteroatoms. The van der Waals surface area contributed by atoms with Crippen molar-refractivity contribution in [2.24, 2.45) is 29.6 Å². The van der Waals surface area contributed by atoms with Gasteiger partial charge in [0.25, 0.3) is 0 Å². The number of benzene rings is 2. The highest BCUT2D eigenvalue weighted by Crippen LogP contribution is 2.68. The number of aromatic amines is 1. The van der Waals surface area contributed by atoms with Gasteiger partial charge in [-0.3, -0.25) is 24.1 Å². The van der Waals surface area contributed by atoms with Crippen LogP contribution in [-0.4, -0.2) is 39.4 Å². The van der Waals surface area contributed by atoms with E-state index in [0.29, 0.717) is 10.7 Å². The molecule has 2 aliphatic carbocycles. The summed E-state index contributed by atoms with van der Waals surface area (Å²) in [6.07, 6.45) is 0.882. The number of carbonyl (C=O) groups excluding carboxylic acids is 3. The molecule has 1 aromatic heterocycles. The van der Waals surface area contributed by atoms with Crippen LogP contribution in [0.3, 0.4) is 0 Å². The lowest BCUT2D eigenvalue weighted by molar-refractivity contribution is -0.141. The first-order valence-electron chi connectivity index (χ1n) is 14.4. The minimum atomic E-state index is -0.364. The number of fused-ring (bicyclic) bond motifs is 9. The van der Waals surface area contributed by atoms with E-state index in [9.17, 15) is 19.2 Å². The van der Waals surface area contributed by atoms with Crippen LogP contribution in [0.2, 0.25) is 5.02 Å². The third-order valence-electron chi connectivity index (χ3n) is 9.64. The number of nitrogens with zero attached hydrogens (tertiary/aromatic N) is 1. The number of thiazole rings is 1. The number of anilines is 1. The molecule has 2 aromatic carbocycles. The topological polar surface area (TPSA) is 99.3 Å². The fraction of sp³-hybridized carbons (Fsp3) is 0.438. The molecule has 3 amide bonds. The Hall–Kier alpha value is -2.88. The maximum atomic E-state index is 13.8. The lowest BCUT2D eigenvalue weighted by Crippen LogP contribution is -2.42. The van der Waals surface area contributed by atoms with E-state index in [-0.39, 0.29) is 81.7 Å². The number of thioether (sulfide) groups is 1. The molecule has 0 spiro atoms. The summed E-state index contributed by atoms with van der Waals surface area (Å²) in [5, 5.41) is 4.44. The molecule has 7 unspecified atom stereocenters. The van der Waals surface area contributed by atoms with Crippen molar-refractivity contribution in [1.82, 2.24) is 9.88 Å². The van der Waals surface area contributed by atoms with Crippen LogP contribution in [0.4, 0.5) is 5.69 Å². The first-order valence-corrected chi connectivity index (χ1v) is 16.5. The zero-order valence-corrected chi connectivity index (χ0v) is 25.9. The predicted octanol–water partition coefficient (Wildman–Crippen LogP) is 5.89. The summed E-state index contributed by atoms with van der Waals surface area (Å²) in [4.78, 5) is 58.1. The number of H-pyrrole nitrogens is 1. The molecule has 2 N–H and O–H groups in total. The van der Waals surface area contributed by atoms with Crippen LogP contribution in [0.1, 0.15) is 55.5 Å². The van der Waals surface area contributed by atoms with Gasteiger partial charge in [0, 0.05) is 39.7 Å². The number of hydrogen-bond donors (Lipinski definition) is 2. The van der Waals surface area contributed by atoms with E-state index < -0.39 is 0 Å². The van der Waals surface area contributed by atoms with Gasteiger partial charge >= 0.3 is 4.87 Å². The van der Waals surface area contributed by atoms with Gasteiger partial charge in [-0.25, -0.2) is 0 Å². The average molecular weight is 622 g/mol. The van der Waals surface area contributed by atoms with Gasteiger partial charge in [0.2, 0.25) is 17.7 Å². The molecule has 7 rings (SSSR count). The molecule has 2 bridgehead atoms. The highest BCUT2D eigenvalue weighted by molar-refractivity contribution is 8.00. The van der Waals surface area contributed by atoms with Crippen LogP contribution in [0.15, 0.2) is 58.4 Å². The number of amides is 3. The lowest BCUT2D eigenvalue weighted by atomic mass is 9.68. The number of halogens is 1. The van der Waals surface area contributed by atoms with E-state index in [4.69, 9.17) is 11.6 Å². The summed E-state index contributed by atoms with van der Waals surface area (Å²) in [5.41, 5.74) is 3.05. The number of likely N-dealkylation sites (tertiary alicyclic amines) is 1. The maximum Gasteiger partial charge on any atom is 0.305 e. The van der Waals surface area contributed by atoms with E-state index in [1.165, 1.54) is 21.8 Å². The second kappa shape index (κ2) is 10.1. The normalized spacial score (nSPS) is 29.4. The standard InChI is InChI=1S/C32H32ClN3O4S2/c1-32(2,3)16-6-4-15(5-7-16)22-23-19-14-20(26(23)41-28-27(22)42-31(40)35-28)25-24(19)29(38)36(30(25)39)13-12-21(37)34-18-10-8-17(33)9-11-18/h4-11,19-20,22-26H,12-14H2,1-3H3,(H,34,37)(H,35,40). The van der Waals surface area contributed by atoms with Gasteiger partial charge in [-0.15, -0.1) is 11.8 Å². The van der Waals surface area contributed by atoms with Crippen molar-refractivity contribution >= 4 is 58.1 Å². The summed E-state index contributed by atoms with van der Waals surface area (Å²) < 4.78 is 0. The molecule has 0 radical (unpaired) electrons. The maximum absolute atomic E-state index is 13.8. The number of imide groups is 1. The van der Waals surface area contributed by atoms with Crippen molar-refractivity contribution in [2.75, 3.05) is 11.9 Å². The fourth-order valence-corrected chi connectivity index (χ4v) is 10.8. The molecule has 2 saturated carbocycles. The van der Waals surface area contributed by atoms with Crippen LogP contribution in [0, 0.1) is 29.6 Å². The van der Waals surface area contributed by atoms with Crippen LogP contribution < -0.4 is 10.2 Å². The fourth-order valence-electron chi connectivity index (χ4n) is 7.83. The Morgan fingerprint density at radius 3 is 2.33 bits per heavy atom. The smallest absolute Gasteiger partial charge is 0.305 e. The van der Waals surface area contributed by atoms with Crippen molar-refractivity contribution in [3.05, 3.63) is 79.2 Å². The Morgan fingerprint density at radius 2 is 1.67 bits per heavy atom. The Balaban J connectivity index is 1.14. The number of aromatic nitrogens is 1. The van der Waals surface area contributed by atoms with Gasteiger partial charge in [0.1, 0.15) is 0 Å². The molecule has 7 atom stereocenters. The summed E-state index contributed by atoms with van der Waals surface area (Å²) >= 11 is 8.89. The van der Waals surface area contributed by atoms with Crippen molar-refractivity contribution in [2.45, 2.75) is 55.2 Å². The SMILES string of the molecule is CC(C)(C)c1ccc(C2c3sc(=O)[nH]c3SC3C4CC(C5C(=O)N(CCC(=O)Nc6ccc(Cl)cc6)C(=O)C45)C23)cc1. The minimum absolute atomic E-state index is 0.00211. The molecular weight excluding hydrogens is 590 g/mol. The molecular formula is C32H32ClN3O4S2. The predicted molar refractivity (Wildman–Crippen MR) is 165 cm³/mol. The van der Waals surface area contributed by atoms with E-state index in [1.54, 1.807) is 36.0 Å². The number of rotatable bonds is 5. The average Bonchev–Trinajstić information content (AvgIpc) is 3.67. The summed E-state index contributed by atoms with van der Waals surface area (Å²) in [6, 6.07) is 15.5. The Labute approximate surface area is 257 Å². The Bertz CT molecular complexity index is 1640. The van der Waals surface area contributed by atoms with Crippen LogP contribution >= 0.6 is 34.7 Å². The molecule has 3 aromatic rings. The van der Waals surface area contributed by atoms with Crippen molar-refractivity contribution < 1.29 is 14.4 Å². The quantitative estimate of drug-likeness (QED) is 0.346. The molecule has 2 aliphatic heterocycles. The van der Waals surface area contributed by atoms with Crippen molar-refractivity contribution in [1.29, 1.82) is 0 Å². The number of carbonyl (C=O) groups is 3. The van der Waals surface area contributed by atoms with Gasteiger partial charge in [-0.05, 0) is 65.0 Å². The van der Waals surface area contributed by atoms with Gasteiger partial charge in [0.05, 0.1) is 16.9 Å². The monoisotopic (exact) mass is 621 g/mol. The second-order valence-electron chi connectivity index (χ2n) is 13.0. The largest absolute Gasteiger partial charge is 0.326 e. The summed E-state index contributed by atoms with van der Waals surface area (Å²) in [7, 11) is 0. The molecule has 4 aliphatic rings. The molecule has 1 saturated heterocycles. The third kappa shape index (κ3) is 4.47. The Kier molecular flexibility index (Phi) is 6.71. The first-order chi connectivity index (χ1) is 20.0. The van der Waals surface area contributed by atoms with Gasteiger partial charge < -0.3 is 10.3 Å². The van der Waals surface area contributed by atoms with E-state index in [1.807, 2.05) is 0 Å². The van der Waals surface area contributed by atoms with E-state index in [0.717, 1.165) is 21.9 Å². The van der Waals surface area contributed by atoms with Crippen molar-refractivity contribution in [3.63, 3.8) is 0 Å². The van der Waals surface area contributed by atoms with E-state index >= 15 is 0 Å². The van der Waals surface area contributed by atoms with Crippen LogP contribution in [-0.2, 0) is 19.8 Å². The molecule has 218 valence electrons. The molecule has 3 heterocycles. The highest BCUT2D eigenvalue weighted by Gasteiger charge is 2.69.